The molecule has 1 amide bonds. The maximum Gasteiger partial charge on any atom is 0.263 e. The van der Waals surface area contributed by atoms with E-state index >= 15 is 0 Å². The Bertz CT molecular complexity index is 637. The van der Waals surface area contributed by atoms with Gasteiger partial charge in [-0.1, -0.05) is 13.8 Å². The summed E-state index contributed by atoms with van der Waals surface area (Å²) < 4.78 is 2.23. The van der Waals surface area contributed by atoms with Crippen molar-refractivity contribution in [2.24, 2.45) is 5.92 Å². The van der Waals surface area contributed by atoms with E-state index in [9.17, 15) is 4.79 Å². The number of thiophene rings is 1. The molecule has 0 aliphatic carbocycles. The molecule has 0 bridgehead atoms. The van der Waals surface area contributed by atoms with Crippen LogP contribution in [0.3, 0.4) is 0 Å². The zero-order valence-electron chi connectivity index (χ0n) is 12.7. The van der Waals surface area contributed by atoms with Gasteiger partial charge in [-0.05, 0) is 19.1 Å². The van der Waals surface area contributed by atoms with E-state index < -0.39 is 0 Å². The van der Waals surface area contributed by atoms with Crippen LogP contribution in [0.5, 0.6) is 0 Å². The average Bonchev–Trinajstić information content (AvgIpc) is 3.01. The molecule has 0 unspecified atom stereocenters. The van der Waals surface area contributed by atoms with Crippen molar-refractivity contribution < 1.29 is 4.79 Å². The minimum absolute atomic E-state index is 0.180. The highest BCUT2D eigenvalue weighted by Gasteiger charge is 2.32. The monoisotopic (exact) mass is 303 g/mol. The molecule has 3 heterocycles. The van der Waals surface area contributed by atoms with Gasteiger partial charge in [0.1, 0.15) is 5.82 Å². The predicted molar refractivity (Wildman–Crippen MR) is 84.8 cm³/mol. The van der Waals surface area contributed by atoms with E-state index in [4.69, 9.17) is 0 Å². The first-order valence-electron chi connectivity index (χ1n) is 7.41. The number of likely N-dealkylation sites (tertiary alicyclic amines) is 1. The fraction of sp³-hybridized carbons (Fsp3) is 0.500. The van der Waals surface area contributed by atoms with Gasteiger partial charge >= 0.3 is 0 Å². The van der Waals surface area contributed by atoms with E-state index in [2.05, 4.69) is 23.4 Å². The highest BCUT2D eigenvalue weighted by atomic mass is 32.1. The Kier molecular flexibility index (Phi) is 3.85. The zero-order valence-corrected chi connectivity index (χ0v) is 13.6. The van der Waals surface area contributed by atoms with Crippen LogP contribution in [0.4, 0.5) is 0 Å². The number of aromatic nitrogens is 2. The Morgan fingerprint density at radius 1 is 1.43 bits per heavy atom. The molecular weight excluding hydrogens is 282 g/mol. The first-order valence-corrected chi connectivity index (χ1v) is 8.23. The molecule has 1 aliphatic rings. The normalized spacial score (nSPS) is 15.5. The summed E-state index contributed by atoms with van der Waals surface area (Å²) >= 11 is 1.58. The van der Waals surface area contributed by atoms with Gasteiger partial charge in [-0.25, -0.2) is 4.98 Å². The van der Waals surface area contributed by atoms with Crippen LogP contribution in [0.25, 0.3) is 0 Å². The van der Waals surface area contributed by atoms with E-state index in [1.54, 1.807) is 11.3 Å². The Balaban J connectivity index is 1.56. The number of carbonyl (C=O) groups excluding carboxylic acids is 1. The number of amides is 1. The Morgan fingerprint density at radius 3 is 2.81 bits per heavy atom. The number of nitrogens with zero attached hydrogens (tertiary/aromatic N) is 3. The van der Waals surface area contributed by atoms with Crippen molar-refractivity contribution in [3.8, 4) is 0 Å². The molecule has 0 atom stereocenters. The van der Waals surface area contributed by atoms with E-state index in [1.807, 2.05) is 36.4 Å². The largest absolute Gasteiger partial charge is 0.337 e. The van der Waals surface area contributed by atoms with Crippen molar-refractivity contribution in [3.05, 3.63) is 40.1 Å². The molecule has 0 radical (unpaired) electrons. The lowest BCUT2D eigenvalue weighted by molar-refractivity contribution is 0.0472. The lowest BCUT2D eigenvalue weighted by atomic mass is 9.99. The number of aryl methyl sites for hydroxylation is 1. The van der Waals surface area contributed by atoms with Crippen LogP contribution in [0, 0.1) is 12.8 Å². The Labute approximate surface area is 129 Å². The van der Waals surface area contributed by atoms with Gasteiger partial charge in [0.15, 0.2) is 0 Å². The molecular formula is C16H21N3OS. The number of hydrogen-bond donors (Lipinski definition) is 0. The molecule has 0 saturated carbocycles. The fourth-order valence-electron chi connectivity index (χ4n) is 2.81. The van der Waals surface area contributed by atoms with Crippen molar-refractivity contribution in [2.75, 3.05) is 13.1 Å². The zero-order chi connectivity index (χ0) is 15.0. The summed E-state index contributed by atoms with van der Waals surface area (Å²) in [5, 5.41) is 0. The van der Waals surface area contributed by atoms with Gasteiger partial charge in [0.05, 0.1) is 4.88 Å². The first-order chi connectivity index (χ1) is 10.0. The molecule has 1 aliphatic heterocycles. The fourth-order valence-corrected chi connectivity index (χ4v) is 3.65. The molecule has 1 fully saturated rings. The van der Waals surface area contributed by atoms with Crippen LogP contribution in [0.2, 0.25) is 0 Å². The van der Waals surface area contributed by atoms with Crippen LogP contribution >= 0.6 is 11.3 Å². The second-order valence-electron chi connectivity index (χ2n) is 6.08. The van der Waals surface area contributed by atoms with Gasteiger partial charge in [-0.3, -0.25) is 4.79 Å². The van der Waals surface area contributed by atoms with Gasteiger partial charge in [0, 0.05) is 48.7 Å². The third kappa shape index (κ3) is 2.88. The molecule has 2 aromatic heterocycles. The summed E-state index contributed by atoms with van der Waals surface area (Å²) in [5.74, 6) is 2.29. The molecule has 21 heavy (non-hydrogen) atoms. The van der Waals surface area contributed by atoms with Crippen molar-refractivity contribution >= 4 is 17.2 Å². The molecule has 1 saturated heterocycles. The molecule has 4 nitrogen and oxygen atoms in total. The van der Waals surface area contributed by atoms with Gasteiger partial charge < -0.3 is 9.47 Å². The summed E-state index contributed by atoms with van der Waals surface area (Å²) in [4.78, 5) is 20.7. The Hall–Kier alpha value is -1.62. The summed E-state index contributed by atoms with van der Waals surface area (Å²) in [5.41, 5.74) is 0. The number of rotatable bonds is 4. The van der Waals surface area contributed by atoms with Gasteiger partial charge in [-0.2, -0.15) is 0 Å². The molecule has 0 aromatic carbocycles. The number of carbonyl (C=O) groups is 1. The van der Waals surface area contributed by atoms with E-state index in [1.165, 1.54) is 4.88 Å². The molecule has 0 N–H and O–H groups in total. The molecule has 2 aromatic rings. The predicted octanol–water partition coefficient (Wildman–Crippen LogP) is 3.15. The molecule has 3 rings (SSSR count). The van der Waals surface area contributed by atoms with Gasteiger partial charge in [0.2, 0.25) is 0 Å². The van der Waals surface area contributed by atoms with Gasteiger partial charge in [0.25, 0.3) is 5.91 Å². The highest BCUT2D eigenvalue weighted by Crippen LogP contribution is 2.25. The van der Waals surface area contributed by atoms with Crippen LogP contribution in [-0.4, -0.2) is 33.4 Å². The van der Waals surface area contributed by atoms with Crippen LogP contribution < -0.4 is 0 Å². The minimum atomic E-state index is 0.180. The number of imidazole rings is 1. The molecule has 5 heteroatoms. The Morgan fingerprint density at radius 2 is 2.19 bits per heavy atom. The van der Waals surface area contributed by atoms with E-state index in [0.29, 0.717) is 11.8 Å². The van der Waals surface area contributed by atoms with Crippen LogP contribution in [-0.2, 0) is 6.54 Å². The summed E-state index contributed by atoms with van der Waals surface area (Å²) in [6.45, 7) is 9.02. The lowest BCUT2D eigenvalue weighted by Crippen LogP contribution is -2.51. The standard InChI is InChI=1S/C16H21N3OS/c1-11(2)15-17-6-7-18(15)8-13-9-19(10-13)16(20)14-5-4-12(3)21-14/h4-7,11,13H,8-10H2,1-3H3. The average molecular weight is 303 g/mol. The maximum absolute atomic E-state index is 12.3. The van der Waals surface area contributed by atoms with Crippen molar-refractivity contribution in [1.29, 1.82) is 0 Å². The molecule has 0 spiro atoms. The quantitative estimate of drug-likeness (QED) is 0.870. The summed E-state index contributed by atoms with van der Waals surface area (Å²) in [7, 11) is 0. The second kappa shape index (κ2) is 5.64. The first kappa shape index (κ1) is 14.3. The second-order valence-corrected chi connectivity index (χ2v) is 7.37. The maximum atomic E-state index is 12.3. The van der Waals surface area contributed by atoms with E-state index in [0.717, 1.165) is 30.3 Å². The van der Waals surface area contributed by atoms with Gasteiger partial charge in [-0.15, -0.1) is 11.3 Å². The third-order valence-electron chi connectivity index (χ3n) is 3.91. The smallest absolute Gasteiger partial charge is 0.263 e. The van der Waals surface area contributed by atoms with Crippen molar-refractivity contribution in [2.45, 2.75) is 33.2 Å². The minimum Gasteiger partial charge on any atom is -0.337 e. The molecule has 112 valence electrons. The highest BCUT2D eigenvalue weighted by molar-refractivity contribution is 7.13. The van der Waals surface area contributed by atoms with E-state index in [-0.39, 0.29) is 5.91 Å². The van der Waals surface area contributed by atoms with Crippen molar-refractivity contribution in [1.82, 2.24) is 14.5 Å². The van der Waals surface area contributed by atoms with Crippen LogP contribution in [0.1, 0.15) is 40.1 Å². The third-order valence-corrected chi connectivity index (χ3v) is 4.90. The van der Waals surface area contributed by atoms with Crippen molar-refractivity contribution in [3.63, 3.8) is 0 Å². The SMILES string of the molecule is Cc1ccc(C(=O)N2CC(Cn3ccnc3C(C)C)C2)s1. The number of hydrogen-bond acceptors (Lipinski definition) is 3. The summed E-state index contributed by atoms with van der Waals surface area (Å²) in [6, 6.07) is 3.94. The summed E-state index contributed by atoms with van der Waals surface area (Å²) in [6.07, 6.45) is 3.91. The van der Waals surface area contributed by atoms with Crippen LogP contribution in [0.15, 0.2) is 24.5 Å². The lowest BCUT2D eigenvalue weighted by Gasteiger charge is -2.39. The topological polar surface area (TPSA) is 38.1 Å².